The maximum atomic E-state index is 9.42. The van der Waals surface area contributed by atoms with E-state index < -0.39 is 0 Å². The Morgan fingerprint density at radius 1 is 1.14 bits per heavy atom. The van der Waals surface area contributed by atoms with Crippen molar-refractivity contribution in [2.24, 2.45) is 0 Å². The second kappa shape index (κ2) is 6.37. The third kappa shape index (κ3) is 2.93. The molecule has 0 radical (unpaired) electrons. The molecule has 1 aromatic heterocycles. The van der Waals surface area contributed by atoms with Crippen LogP contribution in [0.4, 0.5) is 11.5 Å². The Hall–Kier alpha value is -2.06. The Kier molecular flexibility index (Phi) is 4.30. The molecule has 0 spiro atoms. The van der Waals surface area contributed by atoms with E-state index in [1.54, 1.807) is 0 Å². The molecule has 4 nitrogen and oxygen atoms in total. The zero-order chi connectivity index (χ0) is 15.5. The van der Waals surface area contributed by atoms with Crippen molar-refractivity contribution in [3.63, 3.8) is 0 Å². The van der Waals surface area contributed by atoms with Gasteiger partial charge in [0.05, 0.1) is 11.4 Å². The fourth-order valence-electron chi connectivity index (χ4n) is 2.82. The highest BCUT2D eigenvalue weighted by Crippen LogP contribution is 2.31. The van der Waals surface area contributed by atoms with Gasteiger partial charge in [0, 0.05) is 23.1 Å². The van der Waals surface area contributed by atoms with Crippen molar-refractivity contribution < 1.29 is 0 Å². The molecule has 2 heterocycles. The van der Waals surface area contributed by atoms with Crippen molar-refractivity contribution in [3.05, 3.63) is 40.4 Å². The highest BCUT2D eigenvalue weighted by atomic mass is 79.9. The van der Waals surface area contributed by atoms with Crippen molar-refractivity contribution in [2.75, 3.05) is 23.7 Å². The van der Waals surface area contributed by atoms with E-state index in [1.165, 1.54) is 6.42 Å². The van der Waals surface area contributed by atoms with E-state index in [-0.39, 0.29) is 0 Å². The lowest BCUT2D eigenvalue weighted by atomic mass is 10.1. The van der Waals surface area contributed by atoms with Gasteiger partial charge in [-0.25, -0.2) is 4.98 Å². The normalized spacial score (nSPS) is 14.6. The second-order valence-corrected chi connectivity index (χ2v) is 6.37. The van der Waals surface area contributed by atoms with Crippen molar-refractivity contribution in [1.82, 2.24) is 4.98 Å². The predicted molar refractivity (Wildman–Crippen MR) is 92.6 cm³/mol. The van der Waals surface area contributed by atoms with Crippen molar-refractivity contribution in [1.29, 1.82) is 5.26 Å². The Bertz CT molecular complexity index is 713. The molecule has 0 atom stereocenters. The average Bonchev–Trinajstić information content (AvgIpc) is 2.55. The molecule has 0 unspecified atom stereocenters. The van der Waals surface area contributed by atoms with E-state index in [2.05, 4.69) is 31.9 Å². The summed E-state index contributed by atoms with van der Waals surface area (Å²) in [5, 5.41) is 9.42. The first-order valence-corrected chi connectivity index (χ1v) is 8.20. The number of hydrogen-bond donors (Lipinski definition) is 1. The molecule has 2 aromatic rings. The van der Waals surface area contributed by atoms with Crippen LogP contribution in [0, 0.1) is 11.3 Å². The SMILES string of the molecule is N#Cc1c(N2CCCCC2)cc(-c2ccc(Br)cc2)nc1N. The molecule has 2 N–H and O–H groups in total. The molecular weight excluding hydrogens is 340 g/mol. The molecule has 0 amide bonds. The number of hydrogen-bond acceptors (Lipinski definition) is 4. The molecule has 112 valence electrons. The monoisotopic (exact) mass is 356 g/mol. The lowest BCUT2D eigenvalue weighted by Crippen LogP contribution is -2.30. The van der Waals surface area contributed by atoms with Gasteiger partial charge < -0.3 is 10.6 Å². The topological polar surface area (TPSA) is 65.9 Å². The number of aromatic nitrogens is 1. The highest BCUT2D eigenvalue weighted by molar-refractivity contribution is 9.10. The van der Waals surface area contributed by atoms with E-state index in [0.29, 0.717) is 11.4 Å². The molecular formula is C17H17BrN4. The van der Waals surface area contributed by atoms with Gasteiger partial charge in [-0.05, 0) is 37.5 Å². The molecule has 1 fully saturated rings. The quantitative estimate of drug-likeness (QED) is 0.884. The number of pyridine rings is 1. The fraction of sp³-hybridized carbons (Fsp3) is 0.294. The first-order valence-electron chi connectivity index (χ1n) is 7.40. The number of nitrogens with zero attached hydrogens (tertiary/aromatic N) is 3. The standard InChI is InChI=1S/C17H17BrN4/c18-13-6-4-12(5-7-13)15-10-16(14(11-19)17(20)21-15)22-8-2-1-3-9-22/h4-7,10H,1-3,8-9H2,(H2,20,21). The van der Waals surface area contributed by atoms with E-state index in [0.717, 1.165) is 47.3 Å². The lowest BCUT2D eigenvalue weighted by molar-refractivity contribution is 0.577. The van der Waals surface area contributed by atoms with E-state index in [9.17, 15) is 5.26 Å². The summed E-state index contributed by atoms with van der Waals surface area (Å²) in [6.45, 7) is 1.94. The van der Waals surface area contributed by atoms with Crippen LogP contribution >= 0.6 is 15.9 Å². The maximum absolute atomic E-state index is 9.42. The van der Waals surface area contributed by atoms with Crippen molar-refractivity contribution in [2.45, 2.75) is 19.3 Å². The molecule has 0 bridgehead atoms. The van der Waals surface area contributed by atoms with Crippen LogP contribution in [-0.4, -0.2) is 18.1 Å². The Morgan fingerprint density at radius 2 is 1.82 bits per heavy atom. The molecule has 1 aliphatic heterocycles. The van der Waals surface area contributed by atoms with E-state index in [4.69, 9.17) is 5.73 Å². The van der Waals surface area contributed by atoms with Gasteiger partial charge in [0.1, 0.15) is 17.5 Å². The summed E-state index contributed by atoms with van der Waals surface area (Å²) in [6.07, 6.45) is 3.56. The van der Waals surface area contributed by atoms with Crippen LogP contribution < -0.4 is 10.6 Å². The number of rotatable bonds is 2. The third-order valence-electron chi connectivity index (χ3n) is 3.98. The molecule has 3 rings (SSSR count). The Morgan fingerprint density at radius 3 is 2.45 bits per heavy atom. The van der Waals surface area contributed by atoms with Crippen LogP contribution in [0.5, 0.6) is 0 Å². The number of benzene rings is 1. The summed E-state index contributed by atoms with van der Waals surface area (Å²) >= 11 is 3.44. The highest BCUT2D eigenvalue weighted by Gasteiger charge is 2.18. The Balaban J connectivity index is 2.07. The summed E-state index contributed by atoms with van der Waals surface area (Å²) in [5.41, 5.74) is 9.24. The van der Waals surface area contributed by atoms with Gasteiger partial charge in [-0.3, -0.25) is 0 Å². The smallest absolute Gasteiger partial charge is 0.144 e. The zero-order valence-electron chi connectivity index (χ0n) is 12.2. The van der Waals surface area contributed by atoms with Crippen molar-refractivity contribution in [3.8, 4) is 17.3 Å². The minimum absolute atomic E-state index is 0.309. The van der Waals surface area contributed by atoms with Crippen LogP contribution in [0.1, 0.15) is 24.8 Å². The summed E-state index contributed by atoms with van der Waals surface area (Å²) in [6, 6.07) is 12.2. The van der Waals surface area contributed by atoms with Gasteiger partial charge in [0.2, 0.25) is 0 Å². The second-order valence-electron chi connectivity index (χ2n) is 5.45. The molecule has 1 saturated heterocycles. The van der Waals surface area contributed by atoms with Crippen molar-refractivity contribution >= 4 is 27.4 Å². The Labute approximate surface area is 138 Å². The number of nitriles is 1. The number of piperidine rings is 1. The molecule has 0 aliphatic carbocycles. The zero-order valence-corrected chi connectivity index (χ0v) is 13.8. The number of nitrogens with two attached hydrogens (primary N) is 1. The predicted octanol–water partition coefficient (Wildman–Crippen LogP) is 3.96. The number of nitrogen functional groups attached to an aromatic ring is 1. The minimum Gasteiger partial charge on any atom is -0.383 e. The summed E-state index contributed by atoms with van der Waals surface area (Å²) in [5.74, 6) is 0.309. The largest absolute Gasteiger partial charge is 0.383 e. The van der Waals surface area contributed by atoms with Gasteiger partial charge in [0.15, 0.2) is 0 Å². The summed E-state index contributed by atoms with van der Waals surface area (Å²) in [4.78, 5) is 6.67. The first kappa shape index (κ1) is 14.9. The third-order valence-corrected chi connectivity index (χ3v) is 4.50. The number of halogens is 1. The number of anilines is 2. The average molecular weight is 357 g/mol. The van der Waals surface area contributed by atoms with Gasteiger partial charge in [0.25, 0.3) is 0 Å². The van der Waals surface area contributed by atoms with Crippen LogP contribution in [0.3, 0.4) is 0 Å². The molecule has 1 aromatic carbocycles. The summed E-state index contributed by atoms with van der Waals surface area (Å²) in [7, 11) is 0. The summed E-state index contributed by atoms with van der Waals surface area (Å²) < 4.78 is 1.02. The van der Waals surface area contributed by atoms with E-state index >= 15 is 0 Å². The first-order chi connectivity index (χ1) is 10.7. The molecule has 5 heteroatoms. The van der Waals surface area contributed by atoms with Crippen LogP contribution in [0.15, 0.2) is 34.8 Å². The minimum atomic E-state index is 0.309. The molecule has 0 saturated carbocycles. The lowest BCUT2D eigenvalue weighted by Gasteiger charge is -2.30. The van der Waals surface area contributed by atoms with Gasteiger partial charge >= 0.3 is 0 Å². The van der Waals surface area contributed by atoms with Gasteiger partial charge in [-0.1, -0.05) is 28.1 Å². The van der Waals surface area contributed by atoms with Crippen LogP contribution in [0.25, 0.3) is 11.3 Å². The molecule has 22 heavy (non-hydrogen) atoms. The van der Waals surface area contributed by atoms with Crippen LogP contribution in [0.2, 0.25) is 0 Å². The van der Waals surface area contributed by atoms with Crippen LogP contribution in [-0.2, 0) is 0 Å². The van der Waals surface area contributed by atoms with Gasteiger partial charge in [-0.2, -0.15) is 5.26 Å². The van der Waals surface area contributed by atoms with Gasteiger partial charge in [-0.15, -0.1) is 0 Å². The van der Waals surface area contributed by atoms with E-state index in [1.807, 2.05) is 30.3 Å². The fourth-order valence-corrected chi connectivity index (χ4v) is 3.08. The molecule has 1 aliphatic rings. The maximum Gasteiger partial charge on any atom is 0.144 e.